The average Bonchev–Trinajstić information content (AvgIpc) is 2.90. The summed E-state index contributed by atoms with van der Waals surface area (Å²) in [6, 6.07) is 20.4. The van der Waals surface area contributed by atoms with Crippen LogP contribution < -0.4 is 14.4 Å². The number of hydrogen-bond acceptors (Lipinski definition) is 5. The number of amides is 2. The molecule has 0 spiro atoms. The summed E-state index contributed by atoms with van der Waals surface area (Å²) in [5.74, 6) is -1.09. The maximum absolute atomic E-state index is 14.6. The molecule has 0 heterocycles. The molecule has 0 aliphatic heterocycles. The van der Waals surface area contributed by atoms with Crippen molar-refractivity contribution in [3.63, 3.8) is 0 Å². The molecular weight excluding hydrogens is 509 g/mol. The van der Waals surface area contributed by atoms with Crippen molar-refractivity contribution in [2.45, 2.75) is 25.9 Å². The smallest absolute Gasteiger partial charge is 0.244 e. The zero-order chi connectivity index (χ0) is 27.7. The van der Waals surface area contributed by atoms with E-state index in [0.717, 1.165) is 16.1 Å². The van der Waals surface area contributed by atoms with Gasteiger partial charge in [-0.3, -0.25) is 13.9 Å². The number of carbonyl (C=O) groups excluding carboxylic acids is 2. The molecule has 0 saturated carbocycles. The number of nitrogens with zero attached hydrogens (tertiary/aromatic N) is 2. The minimum Gasteiger partial charge on any atom is -0.494 e. The van der Waals surface area contributed by atoms with E-state index in [9.17, 15) is 22.4 Å². The van der Waals surface area contributed by atoms with Crippen molar-refractivity contribution in [3.05, 3.63) is 95.8 Å². The first kappa shape index (κ1) is 28.6. The molecule has 10 heteroatoms. The molecule has 0 aliphatic carbocycles. The van der Waals surface area contributed by atoms with E-state index in [2.05, 4.69) is 5.32 Å². The van der Waals surface area contributed by atoms with E-state index < -0.39 is 40.2 Å². The van der Waals surface area contributed by atoms with Gasteiger partial charge < -0.3 is 15.0 Å². The Hall–Kier alpha value is -3.92. The van der Waals surface area contributed by atoms with Crippen molar-refractivity contribution in [1.82, 2.24) is 10.2 Å². The molecule has 1 unspecified atom stereocenters. The van der Waals surface area contributed by atoms with E-state index in [0.29, 0.717) is 12.4 Å². The molecule has 0 fully saturated rings. The van der Waals surface area contributed by atoms with Crippen molar-refractivity contribution >= 4 is 27.5 Å². The van der Waals surface area contributed by atoms with Gasteiger partial charge in [-0.1, -0.05) is 48.5 Å². The van der Waals surface area contributed by atoms with Gasteiger partial charge in [0.15, 0.2) is 0 Å². The molecule has 0 aliphatic rings. The molecule has 3 aromatic carbocycles. The number of benzene rings is 3. The summed E-state index contributed by atoms with van der Waals surface area (Å²) in [5, 5.41) is 2.58. The third kappa shape index (κ3) is 7.55. The highest BCUT2D eigenvalue weighted by Crippen LogP contribution is 2.23. The van der Waals surface area contributed by atoms with Crippen LogP contribution in [0, 0.1) is 5.82 Å². The number of ether oxygens (including phenoxy) is 1. The van der Waals surface area contributed by atoms with E-state index in [4.69, 9.17) is 4.74 Å². The van der Waals surface area contributed by atoms with Crippen LogP contribution in [0.25, 0.3) is 0 Å². The van der Waals surface area contributed by atoms with Gasteiger partial charge in [0.1, 0.15) is 24.2 Å². The zero-order valence-electron chi connectivity index (χ0n) is 21.6. The van der Waals surface area contributed by atoms with Crippen LogP contribution in [0.1, 0.15) is 18.1 Å². The second-order valence-electron chi connectivity index (χ2n) is 8.63. The first-order valence-electron chi connectivity index (χ1n) is 12.1. The Bertz CT molecular complexity index is 1330. The number of sulfonamides is 1. The Morgan fingerprint density at radius 1 is 0.974 bits per heavy atom. The topological polar surface area (TPSA) is 96.0 Å². The number of halogens is 1. The summed E-state index contributed by atoms with van der Waals surface area (Å²) in [6.07, 6.45) is 1.15. The number of anilines is 1. The monoisotopic (exact) mass is 541 g/mol. The predicted molar refractivity (Wildman–Crippen MR) is 145 cm³/mol. The van der Waals surface area contributed by atoms with E-state index in [1.807, 2.05) is 37.3 Å². The number of likely N-dealkylation sites (N-methyl/N-ethyl adjacent to an activating group) is 1. The van der Waals surface area contributed by atoms with Gasteiger partial charge in [-0.2, -0.15) is 0 Å². The minimum absolute atomic E-state index is 0.155. The number of hydrogen-bond donors (Lipinski definition) is 1. The quantitative estimate of drug-likeness (QED) is 0.379. The van der Waals surface area contributed by atoms with E-state index >= 15 is 0 Å². The molecule has 1 atom stereocenters. The Morgan fingerprint density at radius 2 is 1.61 bits per heavy atom. The fourth-order valence-corrected chi connectivity index (χ4v) is 4.87. The molecule has 8 nitrogen and oxygen atoms in total. The SMILES string of the molecule is CCOc1ccc(N(CC(=O)N(Cc2ccccc2F)C(Cc2ccccc2)C(=O)NC)S(C)(=O)=O)cc1. The lowest BCUT2D eigenvalue weighted by Crippen LogP contribution is -2.53. The van der Waals surface area contributed by atoms with Crippen molar-refractivity contribution in [3.8, 4) is 5.75 Å². The van der Waals surface area contributed by atoms with Crippen LogP contribution in [0.4, 0.5) is 10.1 Å². The molecule has 2 amide bonds. The Kier molecular flexibility index (Phi) is 9.84. The molecule has 0 saturated heterocycles. The van der Waals surface area contributed by atoms with Crippen molar-refractivity contribution < 1.29 is 27.1 Å². The molecule has 1 N–H and O–H groups in total. The Labute approximate surface area is 223 Å². The van der Waals surface area contributed by atoms with Gasteiger partial charge in [-0.25, -0.2) is 12.8 Å². The molecule has 0 bridgehead atoms. The van der Waals surface area contributed by atoms with Crippen LogP contribution in [-0.4, -0.2) is 57.6 Å². The van der Waals surface area contributed by atoms with Gasteiger partial charge in [-0.15, -0.1) is 0 Å². The van der Waals surface area contributed by atoms with Gasteiger partial charge in [0.25, 0.3) is 0 Å². The molecule has 0 aromatic heterocycles. The second-order valence-corrected chi connectivity index (χ2v) is 10.5. The zero-order valence-corrected chi connectivity index (χ0v) is 22.4. The van der Waals surface area contributed by atoms with Crippen molar-refractivity contribution in [1.29, 1.82) is 0 Å². The van der Waals surface area contributed by atoms with Crippen LogP contribution >= 0.6 is 0 Å². The highest BCUT2D eigenvalue weighted by Gasteiger charge is 2.33. The fraction of sp³-hybridized carbons (Fsp3) is 0.286. The van der Waals surface area contributed by atoms with Crippen LogP contribution in [0.15, 0.2) is 78.9 Å². The van der Waals surface area contributed by atoms with Gasteiger partial charge >= 0.3 is 0 Å². The molecule has 202 valence electrons. The van der Waals surface area contributed by atoms with Gasteiger partial charge in [0.05, 0.1) is 18.6 Å². The van der Waals surface area contributed by atoms with Gasteiger partial charge in [0, 0.05) is 25.6 Å². The largest absolute Gasteiger partial charge is 0.494 e. The minimum atomic E-state index is -3.89. The highest BCUT2D eigenvalue weighted by molar-refractivity contribution is 7.92. The predicted octanol–water partition coefficient (Wildman–Crippen LogP) is 3.38. The third-order valence-corrected chi connectivity index (χ3v) is 7.07. The first-order chi connectivity index (χ1) is 18.1. The summed E-state index contributed by atoms with van der Waals surface area (Å²) >= 11 is 0. The lowest BCUT2D eigenvalue weighted by Gasteiger charge is -2.33. The Balaban J connectivity index is 2.01. The van der Waals surface area contributed by atoms with Crippen LogP contribution in [0.3, 0.4) is 0 Å². The highest BCUT2D eigenvalue weighted by atomic mass is 32.2. The lowest BCUT2D eigenvalue weighted by molar-refractivity contribution is -0.139. The molecule has 3 aromatic rings. The summed E-state index contributed by atoms with van der Waals surface area (Å²) < 4.78 is 46.5. The van der Waals surface area contributed by atoms with Crippen LogP contribution in [0.2, 0.25) is 0 Å². The summed E-state index contributed by atoms with van der Waals surface area (Å²) in [6.45, 7) is 1.47. The van der Waals surface area contributed by atoms with Crippen LogP contribution in [0.5, 0.6) is 5.75 Å². The number of nitrogens with one attached hydrogen (secondary N) is 1. The maximum atomic E-state index is 14.6. The van der Waals surface area contributed by atoms with Gasteiger partial charge in [0.2, 0.25) is 21.8 Å². The van der Waals surface area contributed by atoms with E-state index in [1.165, 1.54) is 30.1 Å². The molecular formula is C28H32FN3O5S. The lowest BCUT2D eigenvalue weighted by atomic mass is 10.0. The summed E-state index contributed by atoms with van der Waals surface area (Å²) in [7, 11) is -2.44. The fourth-order valence-electron chi connectivity index (χ4n) is 4.02. The van der Waals surface area contributed by atoms with E-state index in [1.54, 1.807) is 30.3 Å². The van der Waals surface area contributed by atoms with Crippen molar-refractivity contribution in [2.24, 2.45) is 0 Å². The average molecular weight is 542 g/mol. The summed E-state index contributed by atoms with van der Waals surface area (Å²) in [4.78, 5) is 28.1. The first-order valence-corrected chi connectivity index (χ1v) is 14.0. The molecule has 3 rings (SSSR count). The maximum Gasteiger partial charge on any atom is 0.244 e. The van der Waals surface area contributed by atoms with Gasteiger partial charge in [-0.05, 0) is 42.8 Å². The third-order valence-electron chi connectivity index (χ3n) is 5.93. The molecule has 0 radical (unpaired) electrons. The van der Waals surface area contributed by atoms with Crippen LogP contribution in [-0.2, 0) is 32.6 Å². The van der Waals surface area contributed by atoms with Crippen molar-refractivity contribution in [2.75, 3.05) is 30.8 Å². The summed E-state index contributed by atoms with van der Waals surface area (Å²) in [5.41, 5.74) is 1.25. The number of carbonyl (C=O) groups is 2. The molecule has 38 heavy (non-hydrogen) atoms. The second kappa shape index (κ2) is 13.0. The Morgan fingerprint density at radius 3 is 2.18 bits per heavy atom. The van der Waals surface area contributed by atoms with E-state index in [-0.39, 0.29) is 24.2 Å². The normalized spacial score (nSPS) is 11.9. The number of rotatable bonds is 12. The standard InChI is InChI=1S/C28H32FN3O5S/c1-4-37-24-16-14-23(15-17-24)32(38(3,35)36)20-27(33)31(19-22-12-8-9-13-25(22)29)26(28(34)30-2)18-21-10-6-5-7-11-21/h5-17,26H,4,18-20H2,1-3H3,(H,30,34).